The summed E-state index contributed by atoms with van der Waals surface area (Å²) in [5.74, 6) is 0.965. The number of likely N-dealkylation sites (N-methyl/N-ethyl adjacent to an activating group) is 1. The molecule has 0 N–H and O–H groups in total. The summed E-state index contributed by atoms with van der Waals surface area (Å²) < 4.78 is 6.77. The summed E-state index contributed by atoms with van der Waals surface area (Å²) in [4.78, 5) is 4.63. The summed E-state index contributed by atoms with van der Waals surface area (Å²) >= 11 is 0.517. The fourth-order valence-electron chi connectivity index (χ4n) is 1.73. The minimum atomic E-state index is 0.517. The van der Waals surface area contributed by atoms with Crippen molar-refractivity contribution in [3.63, 3.8) is 0 Å². The monoisotopic (exact) mass is 283 g/mol. The molecule has 0 unspecified atom stereocenters. The van der Waals surface area contributed by atoms with Gasteiger partial charge in [0, 0.05) is 0 Å². The molecule has 0 radical (unpaired) electrons. The Labute approximate surface area is 103 Å². The summed E-state index contributed by atoms with van der Waals surface area (Å²) in [6.45, 7) is 1.11. The van der Waals surface area contributed by atoms with Gasteiger partial charge in [-0.2, -0.15) is 0 Å². The van der Waals surface area contributed by atoms with E-state index in [4.69, 9.17) is 4.74 Å². The number of ether oxygens (including phenoxy) is 1. The van der Waals surface area contributed by atoms with Crippen LogP contribution in [0.15, 0.2) is 23.1 Å². The van der Waals surface area contributed by atoms with Gasteiger partial charge in [-0.25, -0.2) is 0 Å². The Balaban J connectivity index is 2.30. The zero-order chi connectivity index (χ0) is 11.5. The van der Waals surface area contributed by atoms with Crippen molar-refractivity contribution in [2.75, 3.05) is 27.7 Å². The van der Waals surface area contributed by atoms with Crippen LogP contribution in [-0.2, 0) is 6.42 Å². The van der Waals surface area contributed by atoms with E-state index in [1.165, 1.54) is 15.2 Å². The predicted molar refractivity (Wildman–Crippen MR) is 69.7 cm³/mol. The second-order valence-corrected chi connectivity index (χ2v) is 6.09. The molecule has 0 fully saturated rings. The molecule has 86 valence electrons. The molecule has 2 aromatic rings. The van der Waals surface area contributed by atoms with Crippen LogP contribution in [-0.4, -0.2) is 47.2 Å². The van der Waals surface area contributed by atoms with E-state index in [1.54, 1.807) is 7.11 Å². The standard InChI is InChI=1S/C13H17NOSe/c1-14(2)7-6-10-9-16-13-5-4-11(15-3)8-12(10)13/h4-5,8-9H,6-7H2,1-3H3. The number of nitrogens with zero attached hydrogens (tertiary/aromatic N) is 1. The summed E-state index contributed by atoms with van der Waals surface area (Å²) in [5.41, 5.74) is 1.49. The van der Waals surface area contributed by atoms with Gasteiger partial charge in [0.1, 0.15) is 0 Å². The Kier molecular flexibility index (Phi) is 3.70. The predicted octanol–water partition coefficient (Wildman–Crippen LogP) is 2.01. The van der Waals surface area contributed by atoms with E-state index in [-0.39, 0.29) is 0 Å². The molecule has 1 aromatic heterocycles. The number of methoxy groups -OCH3 is 1. The molecule has 0 aliphatic rings. The number of rotatable bonds is 4. The topological polar surface area (TPSA) is 12.5 Å². The molecule has 2 nitrogen and oxygen atoms in total. The first kappa shape index (κ1) is 11.7. The Morgan fingerprint density at radius 2 is 2.12 bits per heavy atom. The van der Waals surface area contributed by atoms with Crippen molar-refractivity contribution in [3.05, 3.63) is 28.7 Å². The number of hydrogen-bond donors (Lipinski definition) is 0. The van der Waals surface area contributed by atoms with Gasteiger partial charge in [-0.05, 0) is 0 Å². The van der Waals surface area contributed by atoms with Crippen LogP contribution in [0.2, 0.25) is 0 Å². The van der Waals surface area contributed by atoms with Crippen molar-refractivity contribution in [1.29, 1.82) is 0 Å². The molecule has 0 spiro atoms. The Morgan fingerprint density at radius 1 is 1.31 bits per heavy atom. The zero-order valence-corrected chi connectivity index (χ0v) is 11.7. The maximum absolute atomic E-state index is 5.28. The molecule has 0 aliphatic carbocycles. The van der Waals surface area contributed by atoms with Gasteiger partial charge in [0.15, 0.2) is 0 Å². The molecular formula is C13H17NOSe. The van der Waals surface area contributed by atoms with Crippen LogP contribution in [0.1, 0.15) is 5.56 Å². The van der Waals surface area contributed by atoms with Crippen LogP contribution in [0.25, 0.3) is 9.65 Å². The molecule has 2 rings (SSSR count). The van der Waals surface area contributed by atoms with Crippen LogP contribution in [0.3, 0.4) is 0 Å². The van der Waals surface area contributed by atoms with E-state index < -0.39 is 0 Å². The van der Waals surface area contributed by atoms with Gasteiger partial charge in [-0.1, -0.05) is 0 Å². The molecule has 1 aromatic carbocycles. The minimum absolute atomic E-state index is 0.517. The van der Waals surface area contributed by atoms with Gasteiger partial charge in [0.2, 0.25) is 0 Å². The van der Waals surface area contributed by atoms with E-state index in [0.717, 1.165) is 18.7 Å². The number of fused-ring (bicyclic) bond motifs is 1. The van der Waals surface area contributed by atoms with E-state index in [9.17, 15) is 0 Å². The molecule has 0 aliphatic heterocycles. The van der Waals surface area contributed by atoms with Gasteiger partial charge in [0.25, 0.3) is 0 Å². The summed E-state index contributed by atoms with van der Waals surface area (Å²) in [7, 11) is 5.96. The van der Waals surface area contributed by atoms with Crippen LogP contribution in [0, 0.1) is 0 Å². The quantitative estimate of drug-likeness (QED) is 0.795. The fourth-order valence-corrected chi connectivity index (χ4v) is 3.78. The molecule has 0 bridgehead atoms. The first-order valence-corrected chi connectivity index (χ1v) is 7.24. The van der Waals surface area contributed by atoms with Crippen molar-refractivity contribution < 1.29 is 4.74 Å². The molecular weight excluding hydrogens is 265 g/mol. The van der Waals surface area contributed by atoms with Gasteiger partial charge in [-0.15, -0.1) is 0 Å². The molecule has 3 heteroatoms. The van der Waals surface area contributed by atoms with Crippen molar-refractivity contribution in [1.82, 2.24) is 4.90 Å². The van der Waals surface area contributed by atoms with E-state index in [0.29, 0.717) is 14.5 Å². The molecule has 0 atom stereocenters. The third kappa shape index (κ3) is 2.49. The second-order valence-electron chi connectivity index (χ2n) is 4.18. The Bertz CT molecular complexity index is 476. The van der Waals surface area contributed by atoms with E-state index in [1.807, 2.05) is 0 Å². The zero-order valence-electron chi connectivity index (χ0n) is 9.99. The van der Waals surface area contributed by atoms with E-state index in [2.05, 4.69) is 42.1 Å². The number of hydrogen-bond acceptors (Lipinski definition) is 2. The Morgan fingerprint density at radius 3 is 2.81 bits per heavy atom. The maximum atomic E-state index is 5.28. The molecule has 16 heavy (non-hydrogen) atoms. The van der Waals surface area contributed by atoms with Crippen molar-refractivity contribution in [2.24, 2.45) is 0 Å². The normalized spacial score (nSPS) is 11.2. The van der Waals surface area contributed by atoms with E-state index >= 15 is 0 Å². The third-order valence-electron chi connectivity index (χ3n) is 2.69. The van der Waals surface area contributed by atoms with Gasteiger partial charge >= 0.3 is 102 Å². The molecule has 0 amide bonds. The van der Waals surface area contributed by atoms with Crippen molar-refractivity contribution in [2.45, 2.75) is 6.42 Å². The first-order chi connectivity index (χ1) is 7.70. The SMILES string of the molecule is COc1ccc2[se]cc(CCN(C)C)c2c1. The van der Waals surface area contributed by atoms with Crippen LogP contribution >= 0.6 is 0 Å². The van der Waals surface area contributed by atoms with Crippen molar-refractivity contribution >= 4 is 24.1 Å². The first-order valence-electron chi connectivity index (χ1n) is 5.39. The summed E-state index contributed by atoms with van der Waals surface area (Å²) in [5, 5.41) is 1.40. The van der Waals surface area contributed by atoms with Crippen LogP contribution < -0.4 is 4.74 Å². The van der Waals surface area contributed by atoms with Gasteiger partial charge in [-0.3, -0.25) is 0 Å². The third-order valence-corrected chi connectivity index (χ3v) is 4.81. The summed E-state index contributed by atoms with van der Waals surface area (Å²) in [6.07, 6.45) is 1.13. The molecule has 1 heterocycles. The van der Waals surface area contributed by atoms with Crippen molar-refractivity contribution in [3.8, 4) is 5.75 Å². The van der Waals surface area contributed by atoms with Gasteiger partial charge in [0.05, 0.1) is 0 Å². The average Bonchev–Trinajstić information content (AvgIpc) is 2.68. The summed E-state index contributed by atoms with van der Waals surface area (Å²) in [6, 6.07) is 6.43. The molecule has 0 saturated heterocycles. The van der Waals surface area contributed by atoms with Crippen LogP contribution in [0.4, 0.5) is 0 Å². The fraction of sp³-hybridized carbons (Fsp3) is 0.385. The van der Waals surface area contributed by atoms with Crippen LogP contribution in [0.5, 0.6) is 5.75 Å². The second kappa shape index (κ2) is 5.05. The molecule has 0 saturated carbocycles. The van der Waals surface area contributed by atoms with Gasteiger partial charge < -0.3 is 0 Å². The average molecular weight is 282 g/mol. The number of benzene rings is 1. The Hall–Kier alpha value is -0.761.